The highest BCUT2D eigenvalue weighted by Gasteiger charge is 2.33. The Morgan fingerprint density at radius 1 is 0.884 bits per heavy atom. The first-order valence-electron chi connectivity index (χ1n) is 13.4. The van der Waals surface area contributed by atoms with Crippen molar-refractivity contribution in [2.75, 3.05) is 32.4 Å². The highest BCUT2D eigenvalue weighted by Crippen LogP contribution is 2.34. The summed E-state index contributed by atoms with van der Waals surface area (Å²) in [6.07, 6.45) is 0. The van der Waals surface area contributed by atoms with Gasteiger partial charge in [-0.2, -0.15) is 0 Å². The Labute approximate surface area is 254 Å². The van der Waals surface area contributed by atoms with E-state index in [9.17, 15) is 14.0 Å². The Hall–Kier alpha value is -4.64. The first-order chi connectivity index (χ1) is 20.7. The van der Waals surface area contributed by atoms with Gasteiger partial charge in [0.15, 0.2) is 16.7 Å². The van der Waals surface area contributed by atoms with Crippen LogP contribution in [0.5, 0.6) is 17.2 Å². The van der Waals surface area contributed by atoms with Crippen molar-refractivity contribution in [3.8, 4) is 17.2 Å². The third-order valence-corrected chi connectivity index (χ3v) is 7.38. The summed E-state index contributed by atoms with van der Waals surface area (Å²) in [7, 11) is 4.54. The van der Waals surface area contributed by atoms with Crippen molar-refractivity contribution in [2.45, 2.75) is 31.6 Å². The van der Waals surface area contributed by atoms with Crippen LogP contribution in [0.3, 0.4) is 0 Å². The number of carbonyl (C=O) groups is 2. The summed E-state index contributed by atoms with van der Waals surface area (Å²) in [6, 6.07) is 18.6. The fraction of sp³-hybridized carbons (Fsp3) is 0.250. The van der Waals surface area contributed by atoms with Crippen LogP contribution in [-0.2, 0) is 16.1 Å². The molecule has 3 aromatic carbocycles. The van der Waals surface area contributed by atoms with E-state index in [0.717, 1.165) is 23.1 Å². The van der Waals surface area contributed by atoms with E-state index in [4.69, 9.17) is 14.2 Å². The number of rotatable bonds is 12. The molecule has 0 aliphatic carbocycles. The Morgan fingerprint density at radius 2 is 1.56 bits per heavy atom. The lowest BCUT2D eigenvalue weighted by atomic mass is 10.0. The monoisotopic (exact) mass is 604 g/mol. The number of aryl methyl sites for hydroxylation is 2. The SMILES string of the molecule is COc1ccc(NC(=O)[C@@H](c2ccc(OC)c(OC)c2)N(Cc2ccccc2F)C(=O)CSc2nc(C)cc(C)n2)cc1. The maximum atomic E-state index is 14.9. The van der Waals surface area contributed by atoms with Crippen LogP contribution in [0.15, 0.2) is 78.0 Å². The molecule has 1 atom stereocenters. The van der Waals surface area contributed by atoms with Crippen molar-refractivity contribution < 1.29 is 28.2 Å². The van der Waals surface area contributed by atoms with Crippen molar-refractivity contribution in [1.29, 1.82) is 0 Å². The largest absolute Gasteiger partial charge is 0.497 e. The number of ether oxygens (including phenoxy) is 3. The molecular formula is C32H33FN4O5S. The number of methoxy groups -OCH3 is 3. The van der Waals surface area contributed by atoms with Gasteiger partial charge in [0.1, 0.15) is 17.6 Å². The lowest BCUT2D eigenvalue weighted by Gasteiger charge is -2.32. The van der Waals surface area contributed by atoms with Crippen molar-refractivity contribution in [2.24, 2.45) is 0 Å². The molecular weight excluding hydrogens is 571 g/mol. The maximum absolute atomic E-state index is 14.9. The fourth-order valence-electron chi connectivity index (χ4n) is 4.48. The van der Waals surface area contributed by atoms with Crippen LogP contribution in [0.25, 0.3) is 0 Å². The van der Waals surface area contributed by atoms with Gasteiger partial charge in [-0.05, 0) is 67.9 Å². The first kappa shape index (κ1) is 31.3. The van der Waals surface area contributed by atoms with Crippen LogP contribution >= 0.6 is 11.8 Å². The van der Waals surface area contributed by atoms with Crippen LogP contribution in [-0.4, -0.2) is 53.8 Å². The lowest BCUT2D eigenvalue weighted by molar-refractivity contribution is -0.137. The second-order valence-electron chi connectivity index (χ2n) is 9.57. The average Bonchev–Trinajstić information content (AvgIpc) is 3.00. The molecule has 1 heterocycles. The average molecular weight is 605 g/mol. The summed E-state index contributed by atoms with van der Waals surface area (Å²) < 4.78 is 31.1. The Kier molecular flexibility index (Phi) is 10.6. The number of hydrogen-bond acceptors (Lipinski definition) is 8. The summed E-state index contributed by atoms with van der Waals surface area (Å²) in [6.45, 7) is 3.53. The molecule has 0 radical (unpaired) electrons. The molecule has 11 heteroatoms. The number of aromatic nitrogens is 2. The Morgan fingerprint density at radius 3 is 2.19 bits per heavy atom. The van der Waals surface area contributed by atoms with Gasteiger partial charge >= 0.3 is 0 Å². The molecule has 224 valence electrons. The first-order valence-corrected chi connectivity index (χ1v) is 14.4. The van der Waals surface area contributed by atoms with Crippen LogP contribution in [0.1, 0.15) is 28.6 Å². The topological polar surface area (TPSA) is 103 Å². The van der Waals surface area contributed by atoms with Gasteiger partial charge in [0, 0.05) is 29.2 Å². The molecule has 4 rings (SSSR count). The molecule has 2 amide bonds. The number of nitrogens with one attached hydrogen (secondary N) is 1. The normalized spacial score (nSPS) is 11.4. The van der Waals surface area contributed by atoms with Gasteiger partial charge in [-0.25, -0.2) is 14.4 Å². The number of anilines is 1. The molecule has 0 unspecified atom stereocenters. The predicted molar refractivity (Wildman–Crippen MR) is 163 cm³/mol. The zero-order valence-electron chi connectivity index (χ0n) is 24.6. The molecule has 4 aromatic rings. The molecule has 9 nitrogen and oxygen atoms in total. The molecule has 0 saturated carbocycles. The summed E-state index contributed by atoms with van der Waals surface area (Å²) in [5, 5.41) is 3.33. The van der Waals surface area contributed by atoms with Crippen molar-refractivity contribution >= 4 is 29.3 Å². The number of hydrogen-bond donors (Lipinski definition) is 1. The highest BCUT2D eigenvalue weighted by atomic mass is 32.2. The van der Waals surface area contributed by atoms with Gasteiger partial charge in [-0.3, -0.25) is 9.59 Å². The van der Waals surface area contributed by atoms with Gasteiger partial charge in [0.05, 0.1) is 27.1 Å². The van der Waals surface area contributed by atoms with E-state index >= 15 is 0 Å². The minimum atomic E-state index is -1.17. The number of amides is 2. The number of benzene rings is 3. The maximum Gasteiger partial charge on any atom is 0.251 e. The standard InChI is InChI=1S/C32H33FN4O5S/c1-20-16-21(2)35-32(34-20)43-19-29(38)37(18-23-8-6-7-9-26(23)33)30(22-10-15-27(41-4)28(17-22)42-5)31(39)36-24-11-13-25(40-3)14-12-24/h6-17,30H,18-19H2,1-5H3,(H,36,39)/t30-/m1/s1. The van der Waals surface area contributed by atoms with Crippen LogP contribution in [0, 0.1) is 19.7 Å². The number of carbonyl (C=O) groups excluding carboxylic acids is 2. The molecule has 0 saturated heterocycles. The smallest absolute Gasteiger partial charge is 0.251 e. The summed E-state index contributed by atoms with van der Waals surface area (Å²) in [4.78, 5) is 38.3. The number of nitrogens with zero attached hydrogens (tertiary/aromatic N) is 3. The van der Waals surface area contributed by atoms with Crippen molar-refractivity contribution in [3.63, 3.8) is 0 Å². The lowest BCUT2D eigenvalue weighted by Crippen LogP contribution is -2.42. The van der Waals surface area contributed by atoms with E-state index in [2.05, 4.69) is 15.3 Å². The quantitative estimate of drug-likeness (QED) is 0.161. The molecule has 0 spiro atoms. The molecule has 0 fully saturated rings. The van der Waals surface area contributed by atoms with E-state index < -0.39 is 23.7 Å². The molecule has 1 N–H and O–H groups in total. The number of halogens is 1. The summed E-state index contributed by atoms with van der Waals surface area (Å²) in [5.74, 6) is -0.0515. The van der Waals surface area contributed by atoms with Crippen LogP contribution in [0.4, 0.5) is 10.1 Å². The van der Waals surface area contributed by atoms with E-state index in [0.29, 0.717) is 33.7 Å². The van der Waals surface area contributed by atoms with Gasteiger partial charge < -0.3 is 24.4 Å². The minimum absolute atomic E-state index is 0.0864. The fourth-order valence-corrected chi connectivity index (χ4v) is 5.32. The van der Waals surface area contributed by atoms with Gasteiger partial charge in [-0.15, -0.1) is 0 Å². The third kappa shape index (κ3) is 8.01. The summed E-state index contributed by atoms with van der Waals surface area (Å²) in [5.41, 5.74) is 2.74. The Bertz CT molecular complexity index is 1560. The van der Waals surface area contributed by atoms with Crippen LogP contribution in [0.2, 0.25) is 0 Å². The van der Waals surface area contributed by atoms with Crippen molar-refractivity contribution in [1.82, 2.24) is 14.9 Å². The second-order valence-corrected chi connectivity index (χ2v) is 10.5. The Balaban J connectivity index is 1.77. The summed E-state index contributed by atoms with van der Waals surface area (Å²) >= 11 is 1.15. The van der Waals surface area contributed by atoms with Gasteiger partial charge in [-0.1, -0.05) is 36.0 Å². The highest BCUT2D eigenvalue weighted by molar-refractivity contribution is 7.99. The van der Waals surface area contributed by atoms with E-state index in [1.54, 1.807) is 67.8 Å². The zero-order valence-corrected chi connectivity index (χ0v) is 25.4. The molecule has 0 aliphatic heterocycles. The van der Waals surface area contributed by atoms with E-state index in [-0.39, 0.29) is 17.9 Å². The minimum Gasteiger partial charge on any atom is -0.497 e. The van der Waals surface area contributed by atoms with E-state index in [1.165, 1.54) is 25.2 Å². The van der Waals surface area contributed by atoms with Crippen molar-refractivity contribution in [3.05, 3.63) is 101 Å². The van der Waals surface area contributed by atoms with E-state index in [1.807, 2.05) is 19.9 Å². The zero-order chi connectivity index (χ0) is 30.9. The third-order valence-electron chi connectivity index (χ3n) is 6.55. The van der Waals surface area contributed by atoms with Crippen LogP contribution < -0.4 is 19.5 Å². The predicted octanol–water partition coefficient (Wildman–Crippen LogP) is 5.76. The molecule has 1 aromatic heterocycles. The number of thioether (sulfide) groups is 1. The molecule has 43 heavy (non-hydrogen) atoms. The second kappa shape index (κ2) is 14.5. The molecule has 0 bridgehead atoms. The van der Waals surface area contributed by atoms with Gasteiger partial charge in [0.25, 0.3) is 5.91 Å². The van der Waals surface area contributed by atoms with Gasteiger partial charge in [0.2, 0.25) is 5.91 Å². The molecule has 0 aliphatic rings.